The Balaban J connectivity index is 1.42. The zero-order valence-corrected chi connectivity index (χ0v) is 18.3. The molecule has 0 atom stereocenters. The Hall–Kier alpha value is -2.60. The van der Waals surface area contributed by atoms with Crippen molar-refractivity contribution < 1.29 is 9.53 Å². The number of nitrogens with zero attached hydrogens (tertiary/aromatic N) is 3. The van der Waals surface area contributed by atoms with Gasteiger partial charge in [-0.3, -0.25) is 9.36 Å². The summed E-state index contributed by atoms with van der Waals surface area (Å²) in [7, 11) is 0. The maximum atomic E-state index is 13.2. The van der Waals surface area contributed by atoms with Crippen molar-refractivity contribution in [1.82, 2.24) is 14.5 Å². The molecule has 5 nitrogen and oxygen atoms in total. The van der Waals surface area contributed by atoms with Gasteiger partial charge in [0.25, 0.3) is 5.91 Å². The SMILES string of the molecule is Cc1ccc(OC2CCN(C(=O)c3cc(C)n(-c4nccs4)c3C)CC2)cc1C. The Labute approximate surface area is 176 Å². The van der Waals surface area contributed by atoms with E-state index in [1.54, 1.807) is 17.5 Å². The van der Waals surface area contributed by atoms with Crippen LogP contribution in [0.1, 0.15) is 45.7 Å². The van der Waals surface area contributed by atoms with Crippen LogP contribution < -0.4 is 4.74 Å². The largest absolute Gasteiger partial charge is 0.490 e. The zero-order valence-electron chi connectivity index (χ0n) is 17.4. The molecule has 4 rings (SSSR count). The molecular formula is C23H27N3O2S. The molecule has 0 aliphatic carbocycles. The molecule has 1 saturated heterocycles. The molecule has 3 aromatic rings. The minimum atomic E-state index is 0.102. The minimum absolute atomic E-state index is 0.102. The van der Waals surface area contributed by atoms with E-state index < -0.39 is 0 Å². The van der Waals surface area contributed by atoms with Gasteiger partial charge < -0.3 is 9.64 Å². The fourth-order valence-corrected chi connectivity index (χ4v) is 4.68. The van der Waals surface area contributed by atoms with Crippen molar-refractivity contribution in [3.8, 4) is 10.9 Å². The number of thiazole rings is 1. The van der Waals surface area contributed by atoms with Gasteiger partial charge in [-0.2, -0.15) is 0 Å². The van der Waals surface area contributed by atoms with Crippen molar-refractivity contribution in [3.05, 3.63) is 63.9 Å². The molecule has 1 aliphatic rings. The quantitative estimate of drug-likeness (QED) is 0.619. The number of ether oxygens (including phenoxy) is 1. The number of aromatic nitrogens is 2. The fraction of sp³-hybridized carbons (Fsp3) is 0.391. The second kappa shape index (κ2) is 8.03. The highest BCUT2D eigenvalue weighted by molar-refractivity contribution is 7.12. The summed E-state index contributed by atoms with van der Waals surface area (Å²) in [6.45, 7) is 9.66. The standard InChI is InChI=1S/C23H27N3O2S/c1-15-5-6-20(13-16(15)2)28-19-7-10-25(11-8-19)22(27)21-14-17(3)26(18(21)4)23-24-9-12-29-23/h5-6,9,12-14,19H,7-8,10-11H2,1-4H3. The molecule has 152 valence electrons. The van der Waals surface area contributed by atoms with Crippen LogP contribution in [0.5, 0.6) is 5.75 Å². The van der Waals surface area contributed by atoms with Crippen LogP contribution in [0.25, 0.3) is 5.13 Å². The van der Waals surface area contributed by atoms with Crippen molar-refractivity contribution >= 4 is 17.2 Å². The monoisotopic (exact) mass is 409 g/mol. The van der Waals surface area contributed by atoms with Gasteiger partial charge in [0.2, 0.25) is 0 Å². The predicted molar refractivity (Wildman–Crippen MR) is 116 cm³/mol. The minimum Gasteiger partial charge on any atom is -0.490 e. The van der Waals surface area contributed by atoms with Crippen molar-refractivity contribution in [2.45, 2.75) is 46.6 Å². The second-order valence-corrected chi connectivity index (χ2v) is 8.66. The smallest absolute Gasteiger partial charge is 0.255 e. The van der Waals surface area contributed by atoms with E-state index in [4.69, 9.17) is 4.74 Å². The Morgan fingerprint density at radius 1 is 1.10 bits per heavy atom. The third-order valence-corrected chi connectivity index (χ3v) is 6.54. The number of amides is 1. The first-order valence-electron chi connectivity index (χ1n) is 10.1. The van der Waals surface area contributed by atoms with Crippen LogP contribution in [-0.4, -0.2) is 39.6 Å². The van der Waals surface area contributed by atoms with Crippen LogP contribution in [0.2, 0.25) is 0 Å². The Bertz CT molecular complexity index is 1020. The number of benzene rings is 1. The van der Waals surface area contributed by atoms with Gasteiger partial charge in [-0.15, -0.1) is 11.3 Å². The molecule has 2 aromatic heterocycles. The molecule has 0 unspecified atom stereocenters. The van der Waals surface area contributed by atoms with Gasteiger partial charge in [0.15, 0.2) is 5.13 Å². The number of carbonyl (C=O) groups excluding carboxylic acids is 1. The van der Waals surface area contributed by atoms with E-state index in [0.29, 0.717) is 0 Å². The normalized spacial score (nSPS) is 15.0. The van der Waals surface area contributed by atoms with Crippen LogP contribution in [-0.2, 0) is 0 Å². The van der Waals surface area contributed by atoms with E-state index in [-0.39, 0.29) is 12.0 Å². The van der Waals surface area contributed by atoms with E-state index in [9.17, 15) is 4.79 Å². The first kappa shape index (κ1) is 19.7. The van der Waals surface area contributed by atoms with E-state index in [2.05, 4.69) is 35.5 Å². The summed E-state index contributed by atoms with van der Waals surface area (Å²) >= 11 is 1.58. The molecule has 0 saturated carbocycles. The lowest BCUT2D eigenvalue weighted by Gasteiger charge is -2.32. The molecule has 0 bridgehead atoms. The van der Waals surface area contributed by atoms with E-state index >= 15 is 0 Å². The Morgan fingerprint density at radius 2 is 1.86 bits per heavy atom. The van der Waals surface area contributed by atoms with Gasteiger partial charge in [0.1, 0.15) is 11.9 Å². The lowest BCUT2D eigenvalue weighted by molar-refractivity contribution is 0.0595. The molecule has 0 N–H and O–H groups in total. The summed E-state index contributed by atoms with van der Waals surface area (Å²) in [5.74, 6) is 1.02. The van der Waals surface area contributed by atoms with Gasteiger partial charge in [-0.05, 0) is 57.0 Å². The van der Waals surface area contributed by atoms with Gasteiger partial charge in [-0.25, -0.2) is 4.98 Å². The summed E-state index contributed by atoms with van der Waals surface area (Å²) in [6.07, 6.45) is 3.65. The van der Waals surface area contributed by atoms with Crippen LogP contribution in [0.4, 0.5) is 0 Å². The molecular weight excluding hydrogens is 382 g/mol. The maximum Gasteiger partial charge on any atom is 0.255 e. The molecule has 1 aromatic carbocycles. The van der Waals surface area contributed by atoms with E-state index in [1.807, 2.05) is 36.3 Å². The predicted octanol–water partition coefficient (Wildman–Crippen LogP) is 4.85. The van der Waals surface area contributed by atoms with Gasteiger partial charge in [0.05, 0.1) is 5.56 Å². The molecule has 3 heterocycles. The van der Waals surface area contributed by atoms with Gasteiger partial charge in [0, 0.05) is 48.9 Å². The highest BCUT2D eigenvalue weighted by Gasteiger charge is 2.27. The number of carbonyl (C=O) groups is 1. The van der Waals surface area contributed by atoms with Gasteiger partial charge in [-0.1, -0.05) is 6.07 Å². The molecule has 0 radical (unpaired) electrons. The summed E-state index contributed by atoms with van der Waals surface area (Å²) in [6, 6.07) is 8.21. The first-order chi connectivity index (χ1) is 13.9. The van der Waals surface area contributed by atoms with E-state index in [0.717, 1.165) is 53.8 Å². The molecule has 6 heteroatoms. The molecule has 1 aliphatic heterocycles. The third kappa shape index (κ3) is 3.94. The van der Waals surface area contributed by atoms with E-state index in [1.165, 1.54) is 11.1 Å². The maximum absolute atomic E-state index is 13.2. The fourth-order valence-electron chi connectivity index (χ4n) is 3.93. The highest BCUT2D eigenvalue weighted by atomic mass is 32.1. The number of aryl methyl sites for hydroxylation is 3. The van der Waals surface area contributed by atoms with Crippen LogP contribution >= 0.6 is 11.3 Å². The van der Waals surface area contributed by atoms with Crippen molar-refractivity contribution in [2.24, 2.45) is 0 Å². The molecule has 0 spiro atoms. The number of hydrogen-bond donors (Lipinski definition) is 0. The Morgan fingerprint density at radius 3 is 2.52 bits per heavy atom. The van der Waals surface area contributed by atoms with Crippen LogP contribution in [0.3, 0.4) is 0 Å². The number of likely N-dealkylation sites (tertiary alicyclic amines) is 1. The molecule has 29 heavy (non-hydrogen) atoms. The molecule has 1 amide bonds. The second-order valence-electron chi connectivity index (χ2n) is 7.79. The lowest BCUT2D eigenvalue weighted by Crippen LogP contribution is -2.41. The molecule has 1 fully saturated rings. The lowest BCUT2D eigenvalue weighted by atomic mass is 10.1. The average molecular weight is 410 g/mol. The van der Waals surface area contributed by atoms with Crippen LogP contribution in [0.15, 0.2) is 35.8 Å². The first-order valence-corrected chi connectivity index (χ1v) is 10.9. The number of rotatable bonds is 4. The van der Waals surface area contributed by atoms with Crippen molar-refractivity contribution in [1.29, 1.82) is 0 Å². The van der Waals surface area contributed by atoms with Crippen LogP contribution in [0, 0.1) is 27.7 Å². The summed E-state index contributed by atoms with van der Waals surface area (Å²) in [4.78, 5) is 19.5. The summed E-state index contributed by atoms with van der Waals surface area (Å²) < 4.78 is 8.23. The number of piperidine rings is 1. The zero-order chi connectivity index (χ0) is 20.5. The summed E-state index contributed by atoms with van der Waals surface area (Å²) in [5.41, 5.74) is 5.27. The highest BCUT2D eigenvalue weighted by Crippen LogP contribution is 2.26. The summed E-state index contributed by atoms with van der Waals surface area (Å²) in [5, 5.41) is 2.86. The van der Waals surface area contributed by atoms with Crippen molar-refractivity contribution in [3.63, 3.8) is 0 Å². The topological polar surface area (TPSA) is 47.4 Å². The average Bonchev–Trinajstić information content (AvgIpc) is 3.32. The van der Waals surface area contributed by atoms with Crippen molar-refractivity contribution in [2.75, 3.05) is 13.1 Å². The Kier molecular flexibility index (Phi) is 5.46. The number of hydrogen-bond acceptors (Lipinski definition) is 4. The van der Waals surface area contributed by atoms with Gasteiger partial charge >= 0.3 is 0 Å². The third-order valence-electron chi connectivity index (χ3n) is 5.78.